The molecular formula is C24H27N5OS. The summed E-state index contributed by atoms with van der Waals surface area (Å²) in [5, 5.41) is 21.9. The number of para-hydroxylation sites is 1. The van der Waals surface area contributed by atoms with Crippen molar-refractivity contribution < 1.29 is 4.74 Å². The predicted molar refractivity (Wildman–Crippen MR) is 124 cm³/mol. The van der Waals surface area contributed by atoms with Gasteiger partial charge in [-0.1, -0.05) is 26.0 Å². The van der Waals surface area contributed by atoms with E-state index in [1.807, 2.05) is 24.3 Å². The van der Waals surface area contributed by atoms with Crippen LogP contribution in [0.4, 0.5) is 5.82 Å². The number of piperidine rings is 1. The topological polar surface area (TPSA) is 74.9 Å². The van der Waals surface area contributed by atoms with Gasteiger partial charge in [0, 0.05) is 30.0 Å². The summed E-state index contributed by atoms with van der Waals surface area (Å²) in [5.41, 5.74) is 4.67. The van der Waals surface area contributed by atoms with Crippen molar-refractivity contribution >= 4 is 17.2 Å². The van der Waals surface area contributed by atoms with E-state index in [1.165, 1.54) is 5.01 Å². The molecule has 0 amide bonds. The monoisotopic (exact) mass is 433 g/mol. The van der Waals surface area contributed by atoms with E-state index in [0.717, 1.165) is 72.9 Å². The number of anilines is 1. The quantitative estimate of drug-likeness (QED) is 0.545. The van der Waals surface area contributed by atoms with Crippen LogP contribution in [0.15, 0.2) is 29.6 Å². The largest absolute Gasteiger partial charge is 0.496 e. The molecule has 3 heterocycles. The number of nitriles is 1. The molecule has 0 atom stereocenters. The molecule has 1 aromatic carbocycles. The summed E-state index contributed by atoms with van der Waals surface area (Å²) in [6.45, 7) is 5.84. The molecule has 0 bridgehead atoms. The molecule has 2 aromatic heterocycles. The first kappa shape index (κ1) is 21.3. The van der Waals surface area contributed by atoms with Crippen LogP contribution in [-0.2, 0) is 12.8 Å². The Kier molecular flexibility index (Phi) is 6.47. The Morgan fingerprint density at radius 2 is 1.94 bits per heavy atom. The van der Waals surface area contributed by atoms with Crippen LogP contribution in [0.2, 0.25) is 0 Å². The summed E-state index contributed by atoms with van der Waals surface area (Å²) in [6, 6.07) is 10.4. The van der Waals surface area contributed by atoms with Gasteiger partial charge in [0.05, 0.1) is 23.5 Å². The number of nitrogens with zero attached hydrogens (tertiary/aromatic N) is 5. The molecule has 1 aliphatic rings. The van der Waals surface area contributed by atoms with Gasteiger partial charge in [0.2, 0.25) is 0 Å². The zero-order valence-corrected chi connectivity index (χ0v) is 19.1. The van der Waals surface area contributed by atoms with Crippen LogP contribution in [0.3, 0.4) is 0 Å². The predicted octanol–water partition coefficient (Wildman–Crippen LogP) is 4.99. The lowest BCUT2D eigenvalue weighted by molar-refractivity contribution is 0.416. The molecule has 0 N–H and O–H groups in total. The van der Waals surface area contributed by atoms with Crippen molar-refractivity contribution in [1.29, 1.82) is 5.26 Å². The molecule has 3 aromatic rings. The molecule has 0 aliphatic carbocycles. The van der Waals surface area contributed by atoms with E-state index in [0.29, 0.717) is 11.5 Å². The van der Waals surface area contributed by atoms with E-state index in [2.05, 4.69) is 40.4 Å². The zero-order valence-electron chi connectivity index (χ0n) is 18.3. The van der Waals surface area contributed by atoms with E-state index in [-0.39, 0.29) is 0 Å². The second kappa shape index (κ2) is 9.44. The Balaban J connectivity index is 1.50. The van der Waals surface area contributed by atoms with Crippen LogP contribution < -0.4 is 9.64 Å². The van der Waals surface area contributed by atoms with E-state index in [1.54, 1.807) is 18.4 Å². The highest BCUT2D eigenvalue weighted by molar-refractivity contribution is 7.10. The number of hydrogen-bond donors (Lipinski definition) is 0. The molecule has 1 saturated heterocycles. The summed E-state index contributed by atoms with van der Waals surface area (Å²) in [6.07, 6.45) is 3.58. The first-order chi connectivity index (χ1) is 15.2. The number of hydrogen-bond acceptors (Lipinski definition) is 7. The Morgan fingerprint density at radius 3 is 2.61 bits per heavy atom. The summed E-state index contributed by atoms with van der Waals surface area (Å²) in [4.78, 5) is 7.15. The first-order valence-electron chi connectivity index (χ1n) is 10.8. The summed E-state index contributed by atoms with van der Waals surface area (Å²) >= 11 is 1.72. The molecule has 7 heteroatoms. The molecule has 160 valence electrons. The normalized spacial score (nSPS) is 14.5. The highest BCUT2D eigenvalue weighted by Gasteiger charge is 2.27. The van der Waals surface area contributed by atoms with Gasteiger partial charge >= 0.3 is 0 Å². The van der Waals surface area contributed by atoms with Gasteiger partial charge in [-0.15, -0.1) is 16.4 Å². The SMILES string of the molecule is CCc1nnc(N2CCC(c3nc(-c4ccccc4OC)cs3)CC2)c(C#N)c1CC. The van der Waals surface area contributed by atoms with Crippen molar-refractivity contribution in [3.05, 3.63) is 51.5 Å². The van der Waals surface area contributed by atoms with Gasteiger partial charge in [-0.25, -0.2) is 4.98 Å². The summed E-state index contributed by atoms with van der Waals surface area (Å²) in [7, 11) is 1.69. The van der Waals surface area contributed by atoms with Crippen LogP contribution in [0.5, 0.6) is 5.75 Å². The van der Waals surface area contributed by atoms with Crippen molar-refractivity contribution in [3.63, 3.8) is 0 Å². The fraction of sp³-hybridized carbons (Fsp3) is 0.417. The Bertz CT molecular complexity index is 1100. The maximum absolute atomic E-state index is 9.80. The number of rotatable bonds is 6. The molecule has 0 spiro atoms. The van der Waals surface area contributed by atoms with E-state index < -0.39 is 0 Å². The van der Waals surface area contributed by atoms with Gasteiger partial charge < -0.3 is 9.64 Å². The smallest absolute Gasteiger partial charge is 0.169 e. The molecule has 1 aliphatic heterocycles. The minimum Gasteiger partial charge on any atom is -0.496 e. The number of methoxy groups -OCH3 is 1. The zero-order chi connectivity index (χ0) is 21.8. The average Bonchev–Trinajstić information content (AvgIpc) is 3.33. The fourth-order valence-electron chi connectivity index (χ4n) is 4.29. The van der Waals surface area contributed by atoms with Gasteiger partial charge in [-0.3, -0.25) is 0 Å². The minimum atomic E-state index is 0.420. The van der Waals surface area contributed by atoms with Crippen molar-refractivity contribution in [3.8, 4) is 23.1 Å². The lowest BCUT2D eigenvalue weighted by Crippen LogP contribution is -2.34. The standard InChI is InChI=1S/C24H27N5OS/c1-4-17-19(14-25)23(28-27-20(17)5-2)29-12-10-16(11-13-29)24-26-21(15-31-24)18-8-6-7-9-22(18)30-3/h6-9,15-16H,4-5,10-13H2,1-3H3. The molecule has 1 fully saturated rings. The van der Waals surface area contributed by atoms with Crippen LogP contribution in [0.25, 0.3) is 11.3 Å². The van der Waals surface area contributed by atoms with Gasteiger partial charge in [0.1, 0.15) is 17.4 Å². The molecule has 4 rings (SSSR count). The van der Waals surface area contributed by atoms with Gasteiger partial charge in [-0.2, -0.15) is 10.4 Å². The van der Waals surface area contributed by atoms with E-state index in [4.69, 9.17) is 9.72 Å². The molecule has 0 saturated carbocycles. The third kappa shape index (κ3) is 4.13. The molecule has 0 radical (unpaired) electrons. The highest BCUT2D eigenvalue weighted by Crippen LogP contribution is 2.37. The van der Waals surface area contributed by atoms with Crippen molar-refractivity contribution in [2.24, 2.45) is 0 Å². The second-order valence-corrected chi connectivity index (χ2v) is 8.57. The lowest BCUT2D eigenvalue weighted by atomic mass is 9.96. The van der Waals surface area contributed by atoms with Gasteiger partial charge in [0.15, 0.2) is 5.82 Å². The lowest BCUT2D eigenvalue weighted by Gasteiger charge is -2.32. The number of aromatic nitrogens is 3. The fourth-order valence-corrected chi connectivity index (χ4v) is 5.29. The van der Waals surface area contributed by atoms with E-state index >= 15 is 0 Å². The van der Waals surface area contributed by atoms with Crippen LogP contribution in [0.1, 0.15) is 54.4 Å². The number of thiazole rings is 1. The molecule has 0 unspecified atom stereocenters. The molecule has 31 heavy (non-hydrogen) atoms. The first-order valence-corrected chi connectivity index (χ1v) is 11.7. The third-order valence-electron chi connectivity index (χ3n) is 5.99. The van der Waals surface area contributed by atoms with Crippen molar-refractivity contribution in [1.82, 2.24) is 15.2 Å². The van der Waals surface area contributed by atoms with Crippen LogP contribution >= 0.6 is 11.3 Å². The number of ether oxygens (including phenoxy) is 1. The van der Waals surface area contributed by atoms with Gasteiger partial charge in [0.25, 0.3) is 0 Å². The Hall–Kier alpha value is -2.98. The minimum absolute atomic E-state index is 0.420. The van der Waals surface area contributed by atoms with Gasteiger partial charge in [-0.05, 0) is 43.4 Å². The van der Waals surface area contributed by atoms with Crippen molar-refractivity contribution in [2.45, 2.75) is 45.4 Å². The summed E-state index contributed by atoms with van der Waals surface area (Å²) < 4.78 is 5.49. The van der Waals surface area contributed by atoms with E-state index in [9.17, 15) is 5.26 Å². The molecule has 6 nitrogen and oxygen atoms in total. The second-order valence-electron chi connectivity index (χ2n) is 7.68. The maximum Gasteiger partial charge on any atom is 0.169 e. The highest BCUT2D eigenvalue weighted by atomic mass is 32.1. The Morgan fingerprint density at radius 1 is 1.16 bits per heavy atom. The van der Waals surface area contributed by atoms with Crippen molar-refractivity contribution in [2.75, 3.05) is 25.1 Å². The Labute approximate surface area is 187 Å². The summed E-state index contributed by atoms with van der Waals surface area (Å²) in [5.74, 6) is 2.01. The van der Waals surface area contributed by atoms with Crippen LogP contribution in [-0.4, -0.2) is 35.4 Å². The van der Waals surface area contributed by atoms with Crippen LogP contribution in [0, 0.1) is 11.3 Å². The number of aryl methyl sites for hydroxylation is 1. The number of benzene rings is 1. The maximum atomic E-state index is 9.80. The molecular weight excluding hydrogens is 406 g/mol. The average molecular weight is 434 g/mol. The third-order valence-corrected chi connectivity index (χ3v) is 7.00.